The number of carboxylic acids is 1. The van der Waals surface area contributed by atoms with Crippen molar-refractivity contribution in [2.75, 3.05) is 110 Å². The molecule has 0 radical (unpaired) electrons. The summed E-state index contributed by atoms with van der Waals surface area (Å²) in [4.78, 5) is 237. The van der Waals surface area contributed by atoms with Gasteiger partial charge in [0.1, 0.15) is 59.7 Å². The number of carbonyl (C=O) groups is 19. The normalized spacial score (nSPS) is 13.0. The van der Waals surface area contributed by atoms with Crippen LogP contribution in [-0.2, 0) is 90.9 Å². The molecule has 0 aliphatic carbocycles. The van der Waals surface area contributed by atoms with Crippen LogP contribution in [0.25, 0.3) is 0 Å². The van der Waals surface area contributed by atoms with E-state index in [9.17, 15) is 106 Å². The van der Waals surface area contributed by atoms with E-state index in [0.29, 0.717) is 80.3 Å². The number of benzene rings is 4. The van der Waals surface area contributed by atoms with Gasteiger partial charge in [0.25, 0.3) is 29.5 Å². The molecule has 12 atom stereocenters. The first-order chi connectivity index (χ1) is 67.1. The second-order valence-corrected chi connectivity index (χ2v) is 36.7. The highest BCUT2D eigenvalue weighted by molar-refractivity contribution is 6.39. The number of likely N-dealkylation sites (N-methyl/N-ethyl adjacent to an activating group) is 4. The van der Waals surface area contributed by atoms with Crippen LogP contribution in [0.15, 0.2) is 121 Å². The lowest BCUT2D eigenvalue weighted by molar-refractivity contribution is -0.140. The Hall–Kier alpha value is -12.8. The number of halogens is 3. The van der Waals surface area contributed by atoms with Crippen LogP contribution in [0.4, 0.5) is 14.4 Å². The number of nitrogens with two attached hydrogens (primary N) is 3. The molecular formula is C98H161Cl3N20O26. The lowest BCUT2D eigenvalue weighted by Crippen LogP contribution is -2.53. The van der Waals surface area contributed by atoms with Gasteiger partial charge in [-0.25, -0.2) is 14.4 Å². The van der Waals surface area contributed by atoms with Gasteiger partial charge in [-0.05, 0) is 131 Å². The molecule has 4 rings (SSSR count). The number of hydrogen-bond acceptors (Lipinski definition) is 29. The van der Waals surface area contributed by atoms with Crippen molar-refractivity contribution >= 4 is 150 Å². The molecule has 46 nitrogen and oxygen atoms in total. The minimum Gasteiger partial charge on any atom is -0.480 e. The number of alkyl carbamates (subject to hydrolysis) is 3. The number of hydrogen-bond donors (Lipinski definition) is 19. The van der Waals surface area contributed by atoms with E-state index in [1.807, 2.05) is 52.8 Å². The summed E-state index contributed by atoms with van der Waals surface area (Å²) in [5.74, 6) is -10.8. The Kier molecular flexibility index (Phi) is 72.8. The molecular weight excluding hydrogens is 1980 g/mol. The van der Waals surface area contributed by atoms with Crippen molar-refractivity contribution in [3.63, 3.8) is 0 Å². The van der Waals surface area contributed by atoms with Crippen LogP contribution in [0.3, 0.4) is 0 Å². The molecule has 0 aliphatic rings. The summed E-state index contributed by atoms with van der Waals surface area (Å²) >= 11 is 0. The molecule has 0 spiro atoms. The minimum absolute atomic E-state index is 0. The Morgan fingerprint density at radius 3 is 0.803 bits per heavy atom. The van der Waals surface area contributed by atoms with Crippen LogP contribution in [0, 0.1) is 0 Å². The van der Waals surface area contributed by atoms with Gasteiger partial charge in [0.05, 0.1) is 44.3 Å². The highest BCUT2D eigenvalue weighted by Crippen LogP contribution is 2.21. The van der Waals surface area contributed by atoms with Crippen molar-refractivity contribution in [2.24, 2.45) is 17.2 Å². The van der Waals surface area contributed by atoms with Gasteiger partial charge in [0.2, 0.25) is 58.8 Å². The molecule has 0 aromatic heterocycles. The zero-order chi connectivity index (χ0) is 111. The Bertz CT molecular complexity index is 4690. The van der Waals surface area contributed by atoms with E-state index < -0.39 is 205 Å². The summed E-state index contributed by atoms with van der Waals surface area (Å²) in [5, 5.41) is 67.5. The van der Waals surface area contributed by atoms with Crippen LogP contribution in [0.1, 0.15) is 208 Å². The monoisotopic (exact) mass is 2140 g/mol. The number of rotatable bonds is 46. The van der Waals surface area contributed by atoms with Gasteiger partial charge in [0, 0.05) is 69.1 Å². The van der Waals surface area contributed by atoms with Crippen LogP contribution >= 0.6 is 37.2 Å². The third-order valence-corrected chi connectivity index (χ3v) is 19.1. The number of nitrogens with one attached hydrogen (secondary N) is 12. The molecule has 830 valence electrons. The first-order valence-corrected chi connectivity index (χ1v) is 46.9. The highest BCUT2D eigenvalue weighted by atomic mass is 35.5. The number of carbonyl (C=O) groups excluding carboxylic acids is 18. The Balaban J connectivity index is -0.000000566. The number of amides is 16. The number of aliphatic carboxylic acids is 1. The summed E-state index contributed by atoms with van der Waals surface area (Å²) in [6.45, 7) is 22.7. The molecule has 147 heavy (non-hydrogen) atoms. The first kappa shape index (κ1) is 143. The number of ether oxygens (including phenoxy) is 3. The van der Waals surface area contributed by atoms with Crippen LogP contribution in [0.2, 0.25) is 0 Å². The predicted molar refractivity (Wildman–Crippen MR) is 559 cm³/mol. The van der Waals surface area contributed by atoms with Gasteiger partial charge in [-0.1, -0.05) is 188 Å². The Morgan fingerprint density at radius 1 is 0.327 bits per heavy atom. The number of ketones is 2. The van der Waals surface area contributed by atoms with E-state index in [-0.39, 0.29) is 73.8 Å². The predicted octanol–water partition coefficient (Wildman–Crippen LogP) is 2.67. The van der Waals surface area contributed by atoms with Crippen molar-refractivity contribution < 1.29 is 126 Å². The maximum atomic E-state index is 12.5. The Labute approximate surface area is 880 Å². The molecule has 49 heteroatoms. The minimum atomic E-state index is -1.58. The summed E-state index contributed by atoms with van der Waals surface area (Å²) in [6, 6.07) is 27.0. The van der Waals surface area contributed by atoms with E-state index in [1.54, 1.807) is 241 Å². The second kappa shape index (κ2) is 75.0. The fourth-order valence-electron chi connectivity index (χ4n) is 11.9. The molecule has 0 saturated heterocycles. The number of aliphatic hydroxyl groups is 3. The largest absolute Gasteiger partial charge is 0.480 e. The summed E-state index contributed by atoms with van der Waals surface area (Å²) in [7, 11) is 16.5. The van der Waals surface area contributed by atoms with E-state index in [1.165, 1.54) is 19.6 Å². The standard InChI is InChI=1S/C23H36N4O6.C23H34N4O6.C18H28N4O4.C18H26N4O4.C13H24N2O6.C3H10N2.3ClH/c2*1-7-11-16(25-22(32)33-23(2,3)4)19(29)20(30)24-14-17(28)26-18(21(31)27(5)6)15-12-9-8-10-13-15;2*1-4-8-13(19)16(24)17(25)20-11-14(23)21-15(18(26)22(2)3)12-9-6-5-7-10-12;1-5-6-8(15-12(20)21-13(2,3)4)10(18)11(19)14-7-9(16)17;1-5(2)3-4;;;/h8-10,12-13,16,18-19,29H,7,11,14H2,1-6H3,(H,24,30)(H,25,32)(H,26,28);8-10,12-13,16,18H,7,11,14H2,1-6H3,(H,24,30)(H,25,32)(H,26,28);5-7,9-10,13,15-16,24H,4,8,11,19H2,1-3H3,(H,20,25)(H,21,23);5-7,9-10,13,15H,4,8,11,19H2,1-3H3,(H,20,25)(H,21,23);8,10,18H,5-7H2,1-4H3,(H,14,19)(H,15,20)(H,16,17);3-4H2,1-2H3;3*1H/t16?,18-,19?;16?,18-;13?,15-,16?;13?,15-;;;;;/m0000...../s1. The summed E-state index contributed by atoms with van der Waals surface area (Å²) in [6.07, 6.45) is -1.88. The third-order valence-electron chi connectivity index (χ3n) is 19.1. The molecule has 8 unspecified atom stereocenters. The van der Waals surface area contributed by atoms with E-state index >= 15 is 0 Å². The highest BCUT2D eigenvalue weighted by Gasteiger charge is 2.36. The fraction of sp³-hybridized carbons (Fsp3) is 0.561. The maximum Gasteiger partial charge on any atom is 0.408 e. The molecule has 22 N–H and O–H groups in total. The quantitative estimate of drug-likeness (QED) is 0.0172. The molecule has 0 heterocycles. The van der Waals surface area contributed by atoms with Crippen molar-refractivity contribution in [3.8, 4) is 0 Å². The Morgan fingerprint density at radius 2 is 0.565 bits per heavy atom. The average Bonchev–Trinajstić information content (AvgIpc) is 0.855. The summed E-state index contributed by atoms with van der Waals surface area (Å²) < 4.78 is 15.4. The lowest BCUT2D eigenvalue weighted by Gasteiger charge is -2.26. The number of carboxylic acid groups (broad SMARTS) is 1. The maximum absolute atomic E-state index is 12.5. The molecule has 0 fully saturated rings. The van der Waals surface area contributed by atoms with Crippen molar-refractivity contribution in [1.29, 1.82) is 0 Å². The van der Waals surface area contributed by atoms with Crippen molar-refractivity contribution in [3.05, 3.63) is 144 Å². The summed E-state index contributed by atoms with van der Waals surface area (Å²) in [5.41, 5.74) is 16.6. The SMILES string of the molecule is CCCC(N)C(=O)C(=O)NCC(=O)N[C@H](C(=O)N(C)C)c1ccccc1.CCCC(N)C(O)C(=O)NCC(=O)N[C@H](C(=O)N(C)C)c1ccccc1.CCCC(NC(=O)OC(C)(C)C)C(=O)C(=O)NCC(=O)N[C@H](C(=O)N(C)C)c1ccccc1.CCCC(NC(=O)OC(C)(C)C)C(O)C(=O)NCC(=O)N[C@H](C(=O)N(C)C)c1ccccc1.CCCC(NC(=O)OC(C)(C)C)C(O)C(=O)NCC(=O)O.CN(C)CN.Cl.Cl.Cl. The number of aliphatic hydroxyl groups excluding tert-OH is 3. The van der Waals surface area contributed by atoms with Gasteiger partial charge < -0.3 is 135 Å². The topological polar surface area (TPSA) is 672 Å². The second-order valence-electron chi connectivity index (χ2n) is 36.7. The third kappa shape index (κ3) is 62.1. The molecule has 0 aliphatic heterocycles. The van der Waals surface area contributed by atoms with Crippen molar-refractivity contribution in [2.45, 2.75) is 251 Å². The van der Waals surface area contributed by atoms with Crippen LogP contribution in [-0.4, -0.2) is 333 Å². The molecule has 4 aromatic rings. The van der Waals surface area contributed by atoms with Gasteiger partial charge in [-0.15, -0.1) is 37.2 Å². The molecule has 0 bridgehead atoms. The van der Waals surface area contributed by atoms with E-state index in [2.05, 4.69) is 63.8 Å². The van der Waals surface area contributed by atoms with Crippen molar-refractivity contribution in [1.82, 2.24) is 88.3 Å². The average molecular weight is 2140 g/mol. The first-order valence-electron chi connectivity index (χ1n) is 46.9. The number of Topliss-reactive ketones (excluding diaryl/α,β-unsaturated/α-hetero) is 2. The smallest absolute Gasteiger partial charge is 0.408 e. The van der Waals surface area contributed by atoms with Crippen LogP contribution in [0.5, 0.6) is 0 Å². The molecule has 0 saturated carbocycles. The van der Waals surface area contributed by atoms with Gasteiger partial charge in [0.15, 0.2) is 12.2 Å². The zero-order valence-electron chi connectivity index (χ0n) is 88.8. The van der Waals surface area contributed by atoms with Crippen LogP contribution < -0.4 is 81.0 Å². The van der Waals surface area contributed by atoms with E-state index in [4.69, 9.17) is 36.5 Å². The van der Waals surface area contributed by atoms with Gasteiger partial charge in [-0.2, -0.15) is 0 Å². The molecule has 16 amide bonds. The van der Waals surface area contributed by atoms with Gasteiger partial charge in [-0.3, -0.25) is 81.6 Å². The number of nitrogens with zero attached hydrogens (tertiary/aromatic N) is 5. The zero-order valence-corrected chi connectivity index (χ0v) is 91.2. The van der Waals surface area contributed by atoms with E-state index in [0.717, 1.165) is 6.42 Å². The van der Waals surface area contributed by atoms with Gasteiger partial charge >= 0.3 is 24.2 Å². The molecule has 4 aromatic carbocycles. The lowest BCUT2D eigenvalue weighted by atomic mass is 10.1. The fourth-order valence-corrected chi connectivity index (χ4v) is 11.9.